The molecule has 1 atom stereocenters. The zero-order valence-electron chi connectivity index (χ0n) is 16.6. The molecule has 0 saturated heterocycles. The van der Waals surface area contributed by atoms with Crippen LogP contribution in [0.5, 0.6) is 0 Å². The molecule has 4 rings (SSSR count). The van der Waals surface area contributed by atoms with Gasteiger partial charge in [0.2, 0.25) is 0 Å². The number of anilines is 1. The fraction of sp³-hybridized carbons (Fsp3) is 0.650. The smallest absolute Gasteiger partial charge is 0.309 e. The average molecular weight is 428 g/mol. The molecule has 9 heteroatoms. The molecule has 3 aliphatic rings. The minimum atomic E-state index is -1.62. The number of rotatable bonds is 7. The Morgan fingerprint density at radius 2 is 1.86 bits per heavy atom. The molecule has 1 aromatic rings. The predicted octanol–water partition coefficient (Wildman–Crippen LogP) is 3.16. The molecule has 3 saturated carbocycles. The first-order valence-corrected chi connectivity index (χ1v) is 10.2. The van der Waals surface area contributed by atoms with E-state index in [1.165, 1.54) is 20.0 Å². The molecule has 1 unspecified atom stereocenters. The van der Waals surface area contributed by atoms with E-state index in [-0.39, 0.29) is 22.8 Å². The molecule has 3 fully saturated rings. The van der Waals surface area contributed by atoms with Gasteiger partial charge in [0, 0.05) is 11.7 Å². The lowest BCUT2D eigenvalue weighted by Gasteiger charge is -2.52. The summed E-state index contributed by atoms with van der Waals surface area (Å²) in [6, 6.07) is 1.56. The summed E-state index contributed by atoms with van der Waals surface area (Å²) in [5.41, 5.74) is -1.77. The van der Waals surface area contributed by atoms with Crippen LogP contribution in [-0.2, 0) is 4.79 Å². The summed E-state index contributed by atoms with van der Waals surface area (Å²) in [6.07, 6.45) is 3.53. The Labute approximate surface area is 174 Å². The van der Waals surface area contributed by atoms with Gasteiger partial charge in [0.05, 0.1) is 28.8 Å². The van der Waals surface area contributed by atoms with E-state index >= 15 is 0 Å². The maximum absolute atomic E-state index is 14.0. The number of aromatic nitrogens is 1. The maximum atomic E-state index is 14.0. The third-order valence-corrected chi connectivity index (χ3v) is 6.63. The Balaban J connectivity index is 1.75. The fourth-order valence-corrected chi connectivity index (χ4v) is 4.38. The summed E-state index contributed by atoms with van der Waals surface area (Å²) in [5.74, 6) is -1.25. The van der Waals surface area contributed by atoms with Crippen molar-refractivity contribution in [1.29, 1.82) is 0 Å². The van der Waals surface area contributed by atoms with Crippen molar-refractivity contribution in [2.75, 3.05) is 11.9 Å². The number of nitrogens with one attached hydrogen (secondary N) is 2. The van der Waals surface area contributed by atoms with Gasteiger partial charge in [-0.15, -0.1) is 0 Å². The Kier molecular flexibility index (Phi) is 5.80. The number of aliphatic hydroxyl groups is 1. The van der Waals surface area contributed by atoms with Crippen molar-refractivity contribution in [2.45, 2.75) is 69.7 Å². The average Bonchev–Trinajstić information content (AvgIpc) is 2.66. The van der Waals surface area contributed by atoms with Crippen LogP contribution in [0.25, 0.3) is 0 Å². The highest BCUT2D eigenvalue weighted by atomic mass is 35.5. The van der Waals surface area contributed by atoms with E-state index in [1.54, 1.807) is 6.07 Å². The molecule has 7 nitrogen and oxygen atoms in total. The number of fused-ring (bicyclic) bond motifs is 3. The minimum Gasteiger partial charge on any atom is -0.481 e. The zero-order valence-corrected chi connectivity index (χ0v) is 17.4. The molecule has 1 aromatic heterocycles. The molecule has 4 N–H and O–H groups in total. The molecule has 1 heterocycles. The number of alkyl halides is 1. The maximum Gasteiger partial charge on any atom is 0.309 e. The number of carbonyl (C=O) groups excluding carboxylic acids is 1. The molecule has 3 aliphatic carbocycles. The van der Waals surface area contributed by atoms with E-state index in [4.69, 9.17) is 11.6 Å². The van der Waals surface area contributed by atoms with Gasteiger partial charge in [-0.3, -0.25) is 9.59 Å². The predicted molar refractivity (Wildman–Crippen MR) is 107 cm³/mol. The second-order valence-electron chi connectivity index (χ2n) is 8.87. The molecule has 160 valence electrons. The summed E-state index contributed by atoms with van der Waals surface area (Å²) in [5, 5.41) is 25.4. The highest BCUT2D eigenvalue weighted by molar-refractivity contribution is 6.29. The van der Waals surface area contributed by atoms with E-state index < -0.39 is 29.1 Å². The second-order valence-corrected chi connectivity index (χ2v) is 9.26. The van der Waals surface area contributed by atoms with Gasteiger partial charge in [-0.1, -0.05) is 11.6 Å². The van der Waals surface area contributed by atoms with Crippen molar-refractivity contribution in [2.24, 2.45) is 5.41 Å². The van der Waals surface area contributed by atoms with Crippen LogP contribution in [-0.4, -0.2) is 50.9 Å². The Morgan fingerprint density at radius 3 is 2.38 bits per heavy atom. The van der Waals surface area contributed by atoms with Gasteiger partial charge in [-0.05, 0) is 58.4 Å². The lowest BCUT2D eigenvalue weighted by atomic mass is 9.57. The van der Waals surface area contributed by atoms with Gasteiger partial charge < -0.3 is 20.8 Å². The van der Waals surface area contributed by atoms with Crippen LogP contribution in [0.1, 0.15) is 62.7 Å². The van der Waals surface area contributed by atoms with E-state index in [0.717, 1.165) is 0 Å². The zero-order chi connectivity index (χ0) is 21.4. The van der Waals surface area contributed by atoms with Gasteiger partial charge >= 0.3 is 5.97 Å². The van der Waals surface area contributed by atoms with Crippen LogP contribution >= 0.6 is 11.6 Å². The first kappa shape index (κ1) is 21.8. The largest absolute Gasteiger partial charge is 0.481 e. The van der Waals surface area contributed by atoms with E-state index in [0.29, 0.717) is 44.2 Å². The molecular formula is C20H27ClFN3O4. The van der Waals surface area contributed by atoms with E-state index in [1.807, 2.05) is 0 Å². The highest BCUT2D eigenvalue weighted by Gasteiger charge is 2.52. The van der Waals surface area contributed by atoms with Crippen molar-refractivity contribution < 1.29 is 24.2 Å². The summed E-state index contributed by atoms with van der Waals surface area (Å²) < 4.78 is 14.0. The first-order valence-electron chi connectivity index (χ1n) is 9.78. The molecule has 29 heavy (non-hydrogen) atoms. The lowest BCUT2D eigenvalue weighted by molar-refractivity contribution is -0.155. The molecule has 2 bridgehead atoms. The number of carboxylic acid groups (broad SMARTS) is 1. The molecule has 0 radical (unpaired) electrons. The summed E-state index contributed by atoms with van der Waals surface area (Å²) in [6.45, 7) is 2.34. The van der Waals surface area contributed by atoms with E-state index in [2.05, 4.69) is 15.6 Å². The standard InChI is InChI=1S/C20H27ClFN3O4/c1-18(2,29)14(22)11-24-16(26)12-10-23-15(21)9-13(12)25-20-6-3-19(4-7-20,5-8-20)17(27)28/h9-10,14,29H,3-8,11H2,1-2H3,(H,23,25)(H,24,26)(H,27,28). The molecule has 0 aliphatic heterocycles. The fourth-order valence-electron chi connectivity index (χ4n) is 4.22. The van der Waals surface area contributed by atoms with Crippen LogP contribution in [0.3, 0.4) is 0 Å². The van der Waals surface area contributed by atoms with Crippen LogP contribution in [0.15, 0.2) is 12.3 Å². The van der Waals surface area contributed by atoms with Gasteiger partial charge in [-0.2, -0.15) is 0 Å². The SMILES string of the molecule is CC(C)(O)C(F)CNC(=O)c1cnc(Cl)cc1NC12CCC(C(=O)O)(CC1)CC2. The molecule has 0 aromatic carbocycles. The highest BCUT2D eigenvalue weighted by Crippen LogP contribution is 2.53. The van der Waals surface area contributed by atoms with E-state index in [9.17, 15) is 24.2 Å². The molecular weight excluding hydrogens is 401 g/mol. The Morgan fingerprint density at radius 1 is 1.28 bits per heavy atom. The first-order chi connectivity index (χ1) is 13.5. The number of nitrogens with zero attached hydrogens (tertiary/aromatic N) is 1. The summed E-state index contributed by atoms with van der Waals surface area (Å²) in [7, 11) is 0. The third-order valence-electron chi connectivity index (χ3n) is 6.42. The van der Waals surface area contributed by atoms with Crippen molar-refractivity contribution in [1.82, 2.24) is 10.3 Å². The number of hydrogen-bond acceptors (Lipinski definition) is 5. The normalized spacial score (nSPS) is 27.3. The number of halogens is 2. The third kappa shape index (κ3) is 4.48. The van der Waals surface area contributed by atoms with Crippen LogP contribution < -0.4 is 10.6 Å². The van der Waals surface area contributed by atoms with Gasteiger partial charge in [0.15, 0.2) is 0 Å². The second kappa shape index (κ2) is 7.72. The van der Waals surface area contributed by atoms with Crippen molar-refractivity contribution >= 4 is 29.2 Å². The molecule has 0 spiro atoms. The van der Waals surface area contributed by atoms with Gasteiger partial charge in [0.1, 0.15) is 11.3 Å². The number of amides is 1. The summed E-state index contributed by atoms with van der Waals surface area (Å²) in [4.78, 5) is 28.2. The van der Waals surface area contributed by atoms with Crippen LogP contribution in [0.4, 0.5) is 10.1 Å². The minimum absolute atomic E-state index is 0.215. The van der Waals surface area contributed by atoms with Crippen molar-refractivity contribution in [3.05, 3.63) is 23.0 Å². The van der Waals surface area contributed by atoms with Crippen LogP contribution in [0.2, 0.25) is 5.15 Å². The van der Waals surface area contributed by atoms with Crippen molar-refractivity contribution in [3.8, 4) is 0 Å². The monoisotopic (exact) mass is 427 g/mol. The number of hydrogen-bond donors (Lipinski definition) is 4. The summed E-state index contributed by atoms with van der Waals surface area (Å²) >= 11 is 6.04. The quantitative estimate of drug-likeness (QED) is 0.497. The van der Waals surface area contributed by atoms with Crippen LogP contribution in [0, 0.1) is 5.41 Å². The van der Waals surface area contributed by atoms with Gasteiger partial charge in [0.25, 0.3) is 5.91 Å². The van der Waals surface area contributed by atoms with Gasteiger partial charge in [-0.25, -0.2) is 9.37 Å². The van der Waals surface area contributed by atoms with Crippen molar-refractivity contribution in [3.63, 3.8) is 0 Å². The molecule has 1 amide bonds. The number of carbonyl (C=O) groups is 2. The Hall–Kier alpha value is -1.93. The lowest BCUT2D eigenvalue weighted by Crippen LogP contribution is -2.53. The number of carboxylic acids is 1. The number of pyridine rings is 1. The topological polar surface area (TPSA) is 112 Å². The number of aliphatic carboxylic acids is 1. The Bertz CT molecular complexity index is 787.